The maximum Gasteiger partial charge on any atom is 0.222 e. The van der Waals surface area contributed by atoms with E-state index in [4.69, 9.17) is 0 Å². The number of carbonyl (C=O) groups is 1. The van der Waals surface area contributed by atoms with Gasteiger partial charge >= 0.3 is 0 Å². The van der Waals surface area contributed by atoms with E-state index in [1.54, 1.807) is 0 Å². The lowest BCUT2D eigenvalue weighted by molar-refractivity contribution is -0.134. The average Bonchev–Trinajstić information content (AvgIpc) is 2.95. The number of pyridine rings is 1. The molecule has 3 fully saturated rings. The van der Waals surface area contributed by atoms with Crippen molar-refractivity contribution in [3.63, 3.8) is 0 Å². The molecule has 1 N–H and O–H groups in total. The molecule has 24 heavy (non-hydrogen) atoms. The highest BCUT2D eigenvalue weighted by molar-refractivity contribution is 5.76. The monoisotopic (exact) mass is 328 g/mol. The first-order valence-corrected chi connectivity index (χ1v) is 9.41. The van der Waals surface area contributed by atoms with Gasteiger partial charge in [-0.05, 0) is 49.3 Å². The van der Waals surface area contributed by atoms with Gasteiger partial charge in [-0.2, -0.15) is 0 Å². The highest BCUT2D eigenvalue weighted by atomic mass is 16.2. The Bertz CT molecular complexity index is 544. The Labute approximate surface area is 144 Å². The molecular weight excluding hydrogens is 300 g/mol. The number of piperazine rings is 1. The summed E-state index contributed by atoms with van der Waals surface area (Å²) >= 11 is 0. The van der Waals surface area contributed by atoms with Gasteiger partial charge in [-0.3, -0.25) is 14.7 Å². The number of piperidine rings is 1. The molecule has 4 rings (SSSR count). The summed E-state index contributed by atoms with van der Waals surface area (Å²) in [5, 5.41) is 3.67. The molecule has 4 heterocycles. The fourth-order valence-corrected chi connectivity index (χ4v) is 4.62. The zero-order chi connectivity index (χ0) is 16.4. The first-order chi connectivity index (χ1) is 11.8. The Morgan fingerprint density at radius 3 is 2.42 bits per heavy atom. The molecule has 2 atom stereocenters. The van der Waals surface area contributed by atoms with Gasteiger partial charge in [-0.25, -0.2) is 0 Å². The lowest BCUT2D eigenvalue weighted by Crippen LogP contribution is -2.49. The van der Waals surface area contributed by atoms with Gasteiger partial charge in [0, 0.05) is 63.6 Å². The number of nitrogens with zero attached hydrogens (tertiary/aromatic N) is 3. The van der Waals surface area contributed by atoms with Crippen LogP contribution in [0.1, 0.15) is 37.7 Å². The van der Waals surface area contributed by atoms with Crippen LogP contribution in [0.15, 0.2) is 24.5 Å². The van der Waals surface area contributed by atoms with Crippen molar-refractivity contribution in [3.05, 3.63) is 30.1 Å². The van der Waals surface area contributed by atoms with Crippen LogP contribution >= 0.6 is 0 Å². The average molecular weight is 328 g/mol. The summed E-state index contributed by atoms with van der Waals surface area (Å²) in [5.74, 6) is 0.982. The van der Waals surface area contributed by atoms with Gasteiger partial charge in [0.1, 0.15) is 0 Å². The summed E-state index contributed by atoms with van der Waals surface area (Å²) in [6.45, 7) is 4.67. The zero-order valence-electron chi connectivity index (χ0n) is 14.4. The third kappa shape index (κ3) is 3.78. The van der Waals surface area contributed by atoms with Crippen molar-refractivity contribution in [3.8, 4) is 0 Å². The summed E-state index contributed by atoms with van der Waals surface area (Å²) in [7, 11) is 0. The Morgan fingerprint density at radius 2 is 1.75 bits per heavy atom. The number of hydrogen-bond acceptors (Lipinski definition) is 4. The van der Waals surface area contributed by atoms with Crippen LogP contribution in [-0.4, -0.2) is 59.0 Å². The van der Waals surface area contributed by atoms with Crippen molar-refractivity contribution in [2.24, 2.45) is 5.92 Å². The van der Waals surface area contributed by atoms with Crippen LogP contribution in [0.25, 0.3) is 0 Å². The van der Waals surface area contributed by atoms with Crippen molar-refractivity contribution in [1.82, 2.24) is 20.1 Å². The van der Waals surface area contributed by atoms with Gasteiger partial charge in [-0.15, -0.1) is 0 Å². The number of aromatic nitrogens is 1. The number of carbonyl (C=O) groups excluding carboxylic acids is 1. The van der Waals surface area contributed by atoms with E-state index in [0.29, 0.717) is 23.9 Å². The molecule has 0 aliphatic carbocycles. The van der Waals surface area contributed by atoms with Crippen molar-refractivity contribution in [1.29, 1.82) is 0 Å². The van der Waals surface area contributed by atoms with Crippen LogP contribution in [0.2, 0.25) is 0 Å². The van der Waals surface area contributed by atoms with Crippen molar-refractivity contribution in [2.45, 2.75) is 50.7 Å². The molecule has 5 nitrogen and oxygen atoms in total. The van der Waals surface area contributed by atoms with Crippen LogP contribution in [0.3, 0.4) is 0 Å². The van der Waals surface area contributed by atoms with E-state index in [0.717, 1.165) is 39.1 Å². The number of fused-ring (bicyclic) bond motifs is 2. The van der Waals surface area contributed by atoms with Crippen molar-refractivity contribution < 1.29 is 4.79 Å². The molecule has 0 radical (unpaired) electrons. The van der Waals surface area contributed by atoms with Crippen molar-refractivity contribution in [2.75, 3.05) is 26.2 Å². The van der Waals surface area contributed by atoms with Crippen molar-refractivity contribution >= 4 is 5.91 Å². The lowest BCUT2D eigenvalue weighted by atomic mass is 9.89. The topological polar surface area (TPSA) is 48.5 Å². The molecule has 130 valence electrons. The second-order valence-electron chi connectivity index (χ2n) is 7.69. The SMILES string of the molecule is O=C(CC1CC2CCC(C1)N2)N1CCN(Cc2ccncc2)CC1. The Kier molecular flexibility index (Phi) is 4.81. The van der Waals surface area contributed by atoms with Gasteiger partial charge < -0.3 is 10.2 Å². The van der Waals surface area contributed by atoms with E-state index < -0.39 is 0 Å². The molecule has 1 aromatic rings. The maximum atomic E-state index is 12.6. The molecule has 0 spiro atoms. The van der Waals surface area contributed by atoms with E-state index >= 15 is 0 Å². The molecule has 0 saturated carbocycles. The Hall–Kier alpha value is -1.46. The number of nitrogens with one attached hydrogen (secondary N) is 1. The first-order valence-electron chi connectivity index (χ1n) is 9.41. The largest absolute Gasteiger partial charge is 0.340 e. The van der Waals surface area contributed by atoms with Gasteiger partial charge in [0.15, 0.2) is 0 Å². The quantitative estimate of drug-likeness (QED) is 0.913. The third-order valence-electron chi connectivity index (χ3n) is 5.91. The van der Waals surface area contributed by atoms with Gasteiger partial charge in [0.05, 0.1) is 0 Å². The zero-order valence-corrected chi connectivity index (χ0v) is 14.4. The molecule has 1 amide bonds. The minimum absolute atomic E-state index is 0.380. The maximum absolute atomic E-state index is 12.6. The summed E-state index contributed by atoms with van der Waals surface area (Å²) < 4.78 is 0. The number of hydrogen-bond donors (Lipinski definition) is 1. The highest BCUT2D eigenvalue weighted by Crippen LogP contribution is 2.33. The standard InChI is InChI=1S/C19H28N4O/c24-19(13-16-11-17-1-2-18(12-16)21-17)23-9-7-22(8-10-23)14-15-3-5-20-6-4-15/h3-6,16-18,21H,1-2,7-14H2. The van der Waals surface area contributed by atoms with Crippen LogP contribution in [0, 0.1) is 5.92 Å². The second kappa shape index (κ2) is 7.19. The number of amides is 1. The summed E-state index contributed by atoms with van der Waals surface area (Å²) in [6, 6.07) is 5.50. The Morgan fingerprint density at radius 1 is 1.08 bits per heavy atom. The molecular formula is C19H28N4O. The first kappa shape index (κ1) is 16.0. The highest BCUT2D eigenvalue weighted by Gasteiger charge is 2.35. The van der Waals surface area contributed by atoms with Gasteiger partial charge in [0.25, 0.3) is 0 Å². The normalized spacial score (nSPS) is 30.5. The molecule has 2 bridgehead atoms. The molecule has 0 aromatic carbocycles. The molecule has 3 aliphatic heterocycles. The van der Waals surface area contributed by atoms with Crippen LogP contribution in [-0.2, 0) is 11.3 Å². The molecule has 5 heteroatoms. The van der Waals surface area contributed by atoms with Crippen LogP contribution in [0.4, 0.5) is 0 Å². The lowest BCUT2D eigenvalue weighted by Gasteiger charge is -2.36. The fourth-order valence-electron chi connectivity index (χ4n) is 4.62. The van der Waals surface area contributed by atoms with E-state index in [1.807, 2.05) is 12.4 Å². The smallest absolute Gasteiger partial charge is 0.222 e. The second-order valence-corrected chi connectivity index (χ2v) is 7.69. The summed E-state index contributed by atoms with van der Waals surface area (Å²) in [4.78, 5) is 21.2. The Balaban J connectivity index is 1.23. The van der Waals surface area contributed by atoms with Crippen LogP contribution < -0.4 is 5.32 Å². The van der Waals surface area contributed by atoms with E-state index in [9.17, 15) is 4.79 Å². The van der Waals surface area contributed by atoms with E-state index in [-0.39, 0.29) is 0 Å². The summed E-state index contributed by atoms with van der Waals surface area (Å²) in [6.07, 6.45) is 9.47. The minimum Gasteiger partial charge on any atom is -0.340 e. The molecule has 3 saturated heterocycles. The molecule has 3 aliphatic rings. The van der Waals surface area contributed by atoms with Crippen LogP contribution in [0.5, 0.6) is 0 Å². The number of rotatable bonds is 4. The molecule has 1 aromatic heterocycles. The fraction of sp³-hybridized carbons (Fsp3) is 0.684. The summed E-state index contributed by atoms with van der Waals surface area (Å²) in [5.41, 5.74) is 1.30. The third-order valence-corrected chi connectivity index (χ3v) is 5.91. The molecule has 2 unspecified atom stereocenters. The minimum atomic E-state index is 0.380. The predicted molar refractivity (Wildman–Crippen MR) is 93.4 cm³/mol. The van der Waals surface area contributed by atoms with Gasteiger partial charge in [0.2, 0.25) is 5.91 Å². The van der Waals surface area contributed by atoms with E-state index in [2.05, 4.69) is 32.2 Å². The van der Waals surface area contributed by atoms with Gasteiger partial charge in [-0.1, -0.05) is 0 Å². The predicted octanol–water partition coefficient (Wildman–Crippen LogP) is 1.65. The van der Waals surface area contributed by atoms with E-state index in [1.165, 1.54) is 31.2 Å².